The van der Waals surface area contributed by atoms with Crippen molar-refractivity contribution in [2.24, 2.45) is 5.92 Å². The quantitative estimate of drug-likeness (QED) is 0.665. The third-order valence-corrected chi connectivity index (χ3v) is 7.70. The van der Waals surface area contributed by atoms with Crippen molar-refractivity contribution >= 4 is 11.9 Å². The molecule has 1 N–H and O–H groups in total. The molecule has 0 saturated carbocycles. The van der Waals surface area contributed by atoms with Crippen molar-refractivity contribution in [1.29, 1.82) is 0 Å². The Hall–Kier alpha value is -2.77. The molecule has 7 nitrogen and oxygen atoms in total. The number of amides is 3. The summed E-state index contributed by atoms with van der Waals surface area (Å²) in [5.74, 6) is -0.191. The highest BCUT2D eigenvalue weighted by Gasteiger charge is 2.58. The predicted molar refractivity (Wildman–Crippen MR) is 129 cm³/mol. The number of aromatic nitrogens is 1. The molecule has 1 aromatic heterocycles. The lowest BCUT2D eigenvalue weighted by molar-refractivity contribution is -0.135. The van der Waals surface area contributed by atoms with Crippen LogP contribution in [0.4, 0.5) is 4.79 Å². The summed E-state index contributed by atoms with van der Waals surface area (Å²) in [7, 11) is 0. The Kier molecular flexibility index (Phi) is 6.40. The van der Waals surface area contributed by atoms with Gasteiger partial charge in [-0.15, -0.1) is 0 Å². The van der Waals surface area contributed by atoms with Gasteiger partial charge < -0.3 is 10.1 Å². The first-order valence-corrected chi connectivity index (χ1v) is 12.4. The Bertz CT molecular complexity index is 1050. The number of nitrogens with one attached hydrogen (secondary N) is 1. The van der Waals surface area contributed by atoms with Crippen molar-refractivity contribution in [3.8, 4) is 0 Å². The molecule has 1 aromatic carbocycles. The van der Waals surface area contributed by atoms with E-state index in [0.717, 1.165) is 45.3 Å². The summed E-state index contributed by atoms with van der Waals surface area (Å²) in [4.78, 5) is 35.4. The van der Waals surface area contributed by atoms with Crippen molar-refractivity contribution in [2.75, 3.05) is 26.2 Å². The van der Waals surface area contributed by atoms with Crippen molar-refractivity contribution in [1.82, 2.24) is 20.1 Å². The van der Waals surface area contributed by atoms with Gasteiger partial charge in [-0.3, -0.25) is 19.6 Å². The van der Waals surface area contributed by atoms with E-state index in [1.807, 2.05) is 18.2 Å². The van der Waals surface area contributed by atoms with Crippen LogP contribution in [0.2, 0.25) is 0 Å². The summed E-state index contributed by atoms with van der Waals surface area (Å²) in [5, 5.41) is 3.11. The number of urea groups is 1. The van der Waals surface area contributed by atoms with Crippen LogP contribution >= 0.6 is 0 Å². The van der Waals surface area contributed by atoms with Gasteiger partial charge in [-0.2, -0.15) is 0 Å². The number of rotatable bonds is 6. The summed E-state index contributed by atoms with van der Waals surface area (Å²) < 4.78 is 5.72. The van der Waals surface area contributed by atoms with Crippen LogP contribution in [0.25, 0.3) is 0 Å². The molecular formula is C27H34N4O3. The fourth-order valence-electron chi connectivity index (χ4n) is 5.80. The number of piperidine rings is 1. The number of imide groups is 1. The van der Waals surface area contributed by atoms with Crippen molar-refractivity contribution in [2.45, 2.75) is 57.7 Å². The van der Waals surface area contributed by atoms with E-state index >= 15 is 0 Å². The molecule has 3 fully saturated rings. The van der Waals surface area contributed by atoms with E-state index in [0.29, 0.717) is 18.8 Å². The average molecular weight is 463 g/mol. The molecule has 0 radical (unpaired) electrons. The molecule has 5 rings (SSSR count). The molecule has 180 valence electrons. The molecule has 0 unspecified atom stereocenters. The zero-order chi connectivity index (χ0) is 23.7. The van der Waals surface area contributed by atoms with Gasteiger partial charge in [-0.25, -0.2) is 4.79 Å². The highest BCUT2D eigenvalue weighted by Crippen LogP contribution is 2.41. The van der Waals surface area contributed by atoms with Crippen LogP contribution in [-0.2, 0) is 21.6 Å². The van der Waals surface area contributed by atoms with Crippen molar-refractivity contribution in [3.05, 3.63) is 65.0 Å². The van der Waals surface area contributed by atoms with E-state index in [1.165, 1.54) is 21.6 Å². The lowest BCUT2D eigenvalue weighted by Gasteiger charge is -2.40. The first-order chi connectivity index (χ1) is 16.5. The SMILES string of the molecule is Cc1ccc(CN2CCC([C@@]3(c4ccccn4)NC(=O)N(C[C@H]4CCCO4)C3=O)CC2)c(C)c1. The van der Waals surface area contributed by atoms with Crippen LogP contribution in [0.5, 0.6) is 0 Å². The van der Waals surface area contributed by atoms with Gasteiger partial charge in [0, 0.05) is 19.3 Å². The third-order valence-electron chi connectivity index (χ3n) is 7.70. The third kappa shape index (κ3) is 4.23. The molecule has 3 saturated heterocycles. The Morgan fingerprint density at radius 1 is 1.12 bits per heavy atom. The first-order valence-electron chi connectivity index (χ1n) is 12.4. The second-order valence-electron chi connectivity index (χ2n) is 9.98. The van der Waals surface area contributed by atoms with Crippen molar-refractivity contribution < 1.29 is 14.3 Å². The van der Waals surface area contributed by atoms with Crippen LogP contribution in [0.3, 0.4) is 0 Å². The highest BCUT2D eigenvalue weighted by atomic mass is 16.5. The van der Waals surface area contributed by atoms with Gasteiger partial charge in [0.15, 0.2) is 5.54 Å². The van der Waals surface area contributed by atoms with E-state index in [-0.39, 0.29) is 24.0 Å². The standard InChI is InChI=1S/C27H34N4O3/c1-19-8-9-21(20(2)16-19)17-30-13-10-22(11-14-30)27(24-7-3-4-12-28-24)25(32)31(26(33)29-27)18-23-6-5-15-34-23/h3-4,7-9,12,16,22-23H,5-6,10-11,13-15,17-18H2,1-2H3,(H,29,33)/t23-,27+/m1/s1. The predicted octanol–water partition coefficient (Wildman–Crippen LogP) is 3.54. The maximum Gasteiger partial charge on any atom is 0.325 e. The maximum absolute atomic E-state index is 13.9. The van der Waals surface area contributed by atoms with Crippen LogP contribution in [-0.4, -0.2) is 59.1 Å². The van der Waals surface area contributed by atoms with Gasteiger partial charge in [-0.05, 0) is 81.8 Å². The molecular weight excluding hydrogens is 428 g/mol. The minimum Gasteiger partial charge on any atom is -0.376 e. The normalized spacial score (nSPS) is 26.3. The highest BCUT2D eigenvalue weighted by molar-refractivity contribution is 6.07. The van der Waals surface area contributed by atoms with Crippen LogP contribution in [0.1, 0.15) is 48.1 Å². The maximum atomic E-state index is 13.9. The smallest absolute Gasteiger partial charge is 0.325 e. The Balaban J connectivity index is 1.35. The number of hydrogen-bond donors (Lipinski definition) is 1. The number of benzene rings is 1. The number of pyridine rings is 1. The van der Waals surface area contributed by atoms with E-state index in [2.05, 4.69) is 47.2 Å². The fourth-order valence-corrected chi connectivity index (χ4v) is 5.80. The van der Waals surface area contributed by atoms with Gasteiger partial charge in [0.25, 0.3) is 5.91 Å². The number of aryl methyl sites for hydroxylation is 2. The zero-order valence-electron chi connectivity index (χ0n) is 20.1. The van der Waals surface area contributed by atoms with E-state index < -0.39 is 5.54 Å². The number of likely N-dealkylation sites (tertiary alicyclic amines) is 1. The molecule has 0 aliphatic carbocycles. The van der Waals surface area contributed by atoms with E-state index in [1.54, 1.807) is 6.20 Å². The van der Waals surface area contributed by atoms with Crippen LogP contribution in [0, 0.1) is 19.8 Å². The van der Waals surface area contributed by atoms with Gasteiger partial charge >= 0.3 is 6.03 Å². The molecule has 2 aromatic rings. The summed E-state index contributed by atoms with van der Waals surface area (Å²) in [5.41, 5.74) is 3.46. The molecule has 0 bridgehead atoms. The lowest BCUT2D eigenvalue weighted by atomic mass is 9.75. The molecule has 4 heterocycles. The molecule has 3 aliphatic heterocycles. The number of carbonyl (C=O) groups is 2. The summed E-state index contributed by atoms with van der Waals surface area (Å²) in [6, 6.07) is 11.9. The minimum absolute atomic E-state index is 0.0105. The monoisotopic (exact) mass is 462 g/mol. The molecule has 3 aliphatic rings. The fraction of sp³-hybridized carbons (Fsp3) is 0.519. The Labute approximate surface area is 201 Å². The summed E-state index contributed by atoms with van der Waals surface area (Å²) >= 11 is 0. The second-order valence-corrected chi connectivity index (χ2v) is 9.98. The second kappa shape index (κ2) is 9.47. The number of carbonyl (C=O) groups excluding carboxylic acids is 2. The number of ether oxygens (including phenoxy) is 1. The topological polar surface area (TPSA) is 74.8 Å². The van der Waals surface area contributed by atoms with E-state index in [4.69, 9.17) is 4.74 Å². The lowest BCUT2D eigenvalue weighted by Crippen LogP contribution is -2.54. The van der Waals surface area contributed by atoms with Gasteiger partial charge in [0.05, 0.1) is 18.3 Å². The largest absolute Gasteiger partial charge is 0.376 e. The zero-order valence-corrected chi connectivity index (χ0v) is 20.1. The average Bonchev–Trinajstić information content (AvgIpc) is 3.45. The van der Waals surface area contributed by atoms with Crippen LogP contribution < -0.4 is 5.32 Å². The first kappa shape index (κ1) is 23.0. The molecule has 3 amide bonds. The van der Waals surface area contributed by atoms with Gasteiger partial charge in [-0.1, -0.05) is 29.8 Å². The van der Waals surface area contributed by atoms with Gasteiger partial charge in [0.1, 0.15) is 0 Å². The molecule has 34 heavy (non-hydrogen) atoms. The van der Waals surface area contributed by atoms with E-state index in [9.17, 15) is 9.59 Å². The molecule has 7 heteroatoms. The Morgan fingerprint density at radius 2 is 1.94 bits per heavy atom. The molecule has 0 spiro atoms. The molecule has 2 atom stereocenters. The number of hydrogen-bond acceptors (Lipinski definition) is 5. The van der Waals surface area contributed by atoms with Crippen LogP contribution in [0.15, 0.2) is 42.6 Å². The Morgan fingerprint density at radius 3 is 2.62 bits per heavy atom. The number of nitrogens with zero attached hydrogens (tertiary/aromatic N) is 3. The minimum atomic E-state index is -1.11. The van der Waals surface area contributed by atoms with Crippen molar-refractivity contribution in [3.63, 3.8) is 0 Å². The summed E-state index contributed by atoms with van der Waals surface area (Å²) in [6.45, 7) is 7.95. The summed E-state index contributed by atoms with van der Waals surface area (Å²) in [6.07, 6.45) is 5.12. The van der Waals surface area contributed by atoms with Gasteiger partial charge in [0.2, 0.25) is 0 Å².